The number of likely N-dealkylation sites (N-methyl/N-ethyl adjacent to an activating group) is 1. The van der Waals surface area contributed by atoms with Crippen LogP contribution in [0.1, 0.15) is 11.1 Å². The van der Waals surface area contributed by atoms with Gasteiger partial charge in [0.05, 0.1) is 19.3 Å². The minimum absolute atomic E-state index is 0.282. The number of aromatic hydroxyl groups is 1. The lowest BCUT2D eigenvalue weighted by atomic mass is 10.2. The topological polar surface area (TPSA) is 52.9 Å². The van der Waals surface area contributed by atoms with Gasteiger partial charge in [-0.2, -0.15) is 0 Å². The lowest BCUT2D eigenvalue weighted by Crippen LogP contribution is -2.31. The van der Waals surface area contributed by atoms with Crippen LogP contribution in [0.25, 0.3) is 0 Å². The van der Waals surface area contributed by atoms with Gasteiger partial charge in [0.25, 0.3) is 0 Å². The Kier molecular flexibility index (Phi) is 6.40. The highest BCUT2D eigenvalue weighted by atomic mass is 16.5. The van der Waals surface area contributed by atoms with Crippen LogP contribution >= 0.6 is 0 Å². The maximum Gasteiger partial charge on any atom is 0.120 e. The van der Waals surface area contributed by atoms with Crippen LogP contribution in [0.3, 0.4) is 0 Å². The fourth-order valence-electron chi connectivity index (χ4n) is 2.30. The number of para-hydroxylation sites is 1. The van der Waals surface area contributed by atoms with E-state index in [9.17, 15) is 10.2 Å². The number of benzene rings is 2. The number of hydrogen-bond acceptors (Lipinski definition) is 4. The van der Waals surface area contributed by atoms with E-state index in [2.05, 4.69) is 0 Å². The van der Waals surface area contributed by atoms with E-state index >= 15 is 0 Å². The highest BCUT2D eigenvalue weighted by molar-refractivity contribution is 5.31. The van der Waals surface area contributed by atoms with E-state index < -0.39 is 6.10 Å². The van der Waals surface area contributed by atoms with Crippen LogP contribution in [0.4, 0.5) is 0 Å². The number of ether oxygens (including phenoxy) is 1. The Morgan fingerprint density at radius 1 is 1.05 bits per heavy atom. The Hall–Kier alpha value is -1.88. The first-order chi connectivity index (χ1) is 10.6. The van der Waals surface area contributed by atoms with E-state index in [-0.39, 0.29) is 5.75 Å². The van der Waals surface area contributed by atoms with Gasteiger partial charge in [-0.3, -0.25) is 4.90 Å². The molecule has 0 aromatic heterocycles. The molecule has 0 bridgehead atoms. The van der Waals surface area contributed by atoms with Crippen LogP contribution in [0.5, 0.6) is 5.75 Å². The van der Waals surface area contributed by atoms with Crippen LogP contribution in [-0.4, -0.2) is 41.4 Å². The van der Waals surface area contributed by atoms with Gasteiger partial charge >= 0.3 is 0 Å². The molecule has 0 radical (unpaired) electrons. The summed E-state index contributed by atoms with van der Waals surface area (Å²) in [5, 5.41) is 19.8. The molecule has 118 valence electrons. The fourth-order valence-corrected chi connectivity index (χ4v) is 2.30. The molecule has 0 fully saturated rings. The maximum absolute atomic E-state index is 10.0. The standard InChI is InChI=1S/C18H23NO3/c1-19(11-16-9-5-6-10-18(16)21)12-17(20)14-22-13-15-7-3-2-4-8-15/h2-10,17,20-21H,11-14H2,1H3. The van der Waals surface area contributed by atoms with Gasteiger partial charge in [-0.25, -0.2) is 0 Å². The van der Waals surface area contributed by atoms with Crippen LogP contribution in [-0.2, 0) is 17.9 Å². The van der Waals surface area contributed by atoms with Crippen molar-refractivity contribution in [3.8, 4) is 5.75 Å². The Morgan fingerprint density at radius 3 is 2.45 bits per heavy atom. The molecular weight excluding hydrogens is 278 g/mol. The molecule has 4 nitrogen and oxygen atoms in total. The second-order valence-corrected chi connectivity index (χ2v) is 5.48. The molecule has 4 heteroatoms. The number of nitrogens with zero attached hydrogens (tertiary/aromatic N) is 1. The summed E-state index contributed by atoms with van der Waals surface area (Å²) in [6, 6.07) is 17.1. The molecule has 1 atom stereocenters. The third-order valence-corrected chi connectivity index (χ3v) is 3.38. The molecule has 0 aliphatic rings. The largest absolute Gasteiger partial charge is 0.508 e. The maximum atomic E-state index is 10.0. The van der Waals surface area contributed by atoms with Crippen LogP contribution in [0.2, 0.25) is 0 Å². The van der Waals surface area contributed by atoms with E-state index in [0.717, 1.165) is 11.1 Å². The summed E-state index contributed by atoms with van der Waals surface area (Å²) in [5.41, 5.74) is 1.94. The summed E-state index contributed by atoms with van der Waals surface area (Å²) in [6.45, 7) is 1.87. The van der Waals surface area contributed by atoms with E-state index in [1.165, 1.54) is 0 Å². The summed E-state index contributed by atoms with van der Waals surface area (Å²) in [7, 11) is 1.91. The molecule has 0 heterocycles. The van der Waals surface area contributed by atoms with Crippen molar-refractivity contribution in [2.24, 2.45) is 0 Å². The van der Waals surface area contributed by atoms with E-state index in [1.54, 1.807) is 12.1 Å². The zero-order chi connectivity index (χ0) is 15.8. The van der Waals surface area contributed by atoms with Crippen molar-refractivity contribution in [2.75, 3.05) is 20.2 Å². The predicted molar refractivity (Wildman–Crippen MR) is 86.5 cm³/mol. The minimum atomic E-state index is -0.556. The third kappa shape index (κ3) is 5.48. The van der Waals surface area contributed by atoms with Gasteiger partial charge in [0.2, 0.25) is 0 Å². The number of phenolic OH excluding ortho intramolecular Hbond substituents is 1. The van der Waals surface area contributed by atoms with Crippen LogP contribution in [0.15, 0.2) is 54.6 Å². The molecule has 2 N–H and O–H groups in total. The van der Waals surface area contributed by atoms with Gasteiger partial charge in [0, 0.05) is 18.7 Å². The molecule has 2 rings (SSSR count). The monoisotopic (exact) mass is 301 g/mol. The van der Waals surface area contributed by atoms with E-state index in [1.807, 2.05) is 54.4 Å². The zero-order valence-electron chi connectivity index (χ0n) is 12.9. The predicted octanol–water partition coefficient (Wildman–Crippen LogP) is 2.40. The van der Waals surface area contributed by atoms with Crippen molar-refractivity contribution in [3.63, 3.8) is 0 Å². The van der Waals surface area contributed by atoms with Gasteiger partial charge < -0.3 is 14.9 Å². The van der Waals surface area contributed by atoms with Crippen LogP contribution < -0.4 is 0 Å². The molecular formula is C18H23NO3. The first-order valence-electron chi connectivity index (χ1n) is 7.40. The van der Waals surface area contributed by atoms with Crippen molar-refractivity contribution in [2.45, 2.75) is 19.3 Å². The highest BCUT2D eigenvalue weighted by Crippen LogP contribution is 2.17. The molecule has 2 aromatic rings. The van der Waals surface area contributed by atoms with E-state index in [0.29, 0.717) is 26.3 Å². The Balaban J connectivity index is 1.70. The molecule has 22 heavy (non-hydrogen) atoms. The van der Waals surface area contributed by atoms with Gasteiger partial charge in [-0.15, -0.1) is 0 Å². The third-order valence-electron chi connectivity index (χ3n) is 3.38. The second kappa shape index (κ2) is 8.54. The van der Waals surface area contributed by atoms with Gasteiger partial charge in [-0.1, -0.05) is 48.5 Å². The van der Waals surface area contributed by atoms with Gasteiger partial charge in [-0.05, 0) is 18.7 Å². The normalized spacial score (nSPS) is 12.5. The number of phenols is 1. The quantitative estimate of drug-likeness (QED) is 0.786. The van der Waals surface area contributed by atoms with Gasteiger partial charge in [0.1, 0.15) is 5.75 Å². The van der Waals surface area contributed by atoms with Crippen molar-refractivity contribution in [1.82, 2.24) is 4.90 Å². The van der Waals surface area contributed by atoms with Crippen molar-refractivity contribution < 1.29 is 14.9 Å². The van der Waals surface area contributed by atoms with Gasteiger partial charge in [0.15, 0.2) is 0 Å². The van der Waals surface area contributed by atoms with Crippen molar-refractivity contribution in [1.29, 1.82) is 0 Å². The minimum Gasteiger partial charge on any atom is -0.508 e. The second-order valence-electron chi connectivity index (χ2n) is 5.48. The first kappa shape index (κ1) is 16.5. The molecule has 0 saturated heterocycles. The molecule has 0 spiro atoms. The number of rotatable bonds is 8. The summed E-state index contributed by atoms with van der Waals surface area (Å²) >= 11 is 0. The highest BCUT2D eigenvalue weighted by Gasteiger charge is 2.10. The van der Waals surface area contributed by atoms with E-state index in [4.69, 9.17) is 4.74 Å². The molecule has 0 amide bonds. The molecule has 2 aromatic carbocycles. The lowest BCUT2D eigenvalue weighted by Gasteiger charge is -2.21. The number of hydrogen-bond donors (Lipinski definition) is 2. The molecule has 0 aliphatic carbocycles. The Bertz CT molecular complexity index is 559. The number of aliphatic hydroxyl groups is 1. The van der Waals surface area contributed by atoms with Crippen LogP contribution in [0, 0.1) is 0 Å². The first-order valence-corrected chi connectivity index (χ1v) is 7.40. The average Bonchev–Trinajstić information content (AvgIpc) is 2.50. The summed E-state index contributed by atoms with van der Waals surface area (Å²) < 4.78 is 5.53. The molecule has 1 unspecified atom stereocenters. The Labute approximate surface area is 131 Å². The fraction of sp³-hybridized carbons (Fsp3) is 0.333. The SMILES string of the molecule is CN(Cc1ccccc1O)CC(O)COCc1ccccc1. The number of aliphatic hydroxyl groups excluding tert-OH is 1. The smallest absolute Gasteiger partial charge is 0.120 e. The molecule has 0 aliphatic heterocycles. The average molecular weight is 301 g/mol. The summed E-state index contributed by atoms with van der Waals surface area (Å²) in [5.74, 6) is 0.282. The van der Waals surface area contributed by atoms with Crippen molar-refractivity contribution in [3.05, 3.63) is 65.7 Å². The van der Waals surface area contributed by atoms with Crippen molar-refractivity contribution >= 4 is 0 Å². The lowest BCUT2D eigenvalue weighted by molar-refractivity contribution is 0.0126. The summed E-state index contributed by atoms with van der Waals surface area (Å²) in [6.07, 6.45) is -0.556. The Morgan fingerprint density at radius 2 is 1.73 bits per heavy atom. The zero-order valence-corrected chi connectivity index (χ0v) is 12.9. The summed E-state index contributed by atoms with van der Waals surface area (Å²) in [4.78, 5) is 1.96. The molecule has 0 saturated carbocycles.